The summed E-state index contributed by atoms with van der Waals surface area (Å²) in [5.74, 6) is 0. The molecule has 0 saturated heterocycles. The van der Waals surface area contributed by atoms with Crippen LogP contribution in [0.25, 0.3) is 0 Å². The molecule has 76 valence electrons. The molecule has 0 aliphatic heterocycles. The molecular weight excluding hydrogens is 182 g/mol. The van der Waals surface area contributed by atoms with Crippen LogP contribution in [-0.4, -0.2) is 17.5 Å². The summed E-state index contributed by atoms with van der Waals surface area (Å²) in [4.78, 5) is 0. The van der Waals surface area contributed by atoms with Gasteiger partial charge in [0.15, 0.2) is 0 Å². The molecule has 2 atom stereocenters. The van der Waals surface area contributed by atoms with Gasteiger partial charge in [-0.3, -0.25) is 0 Å². The monoisotopic (exact) mass is 201 g/mol. The maximum absolute atomic E-state index is 6.18. The topological polar surface area (TPSA) is 12.0 Å². The fourth-order valence-corrected chi connectivity index (χ4v) is 2.86. The molecule has 2 fully saturated rings. The summed E-state index contributed by atoms with van der Waals surface area (Å²) in [5.41, 5.74) is 0.310. The van der Waals surface area contributed by atoms with Crippen molar-refractivity contribution in [1.82, 2.24) is 5.32 Å². The number of hydrogen-bond donors (Lipinski definition) is 1. The first kappa shape index (κ1) is 9.79. The number of halogens is 1. The van der Waals surface area contributed by atoms with Crippen LogP contribution in [0, 0.1) is 5.41 Å². The van der Waals surface area contributed by atoms with Crippen molar-refractivity contribution in [3.8, 4) is 0 Å². The molecule has 2 unspecified atom stereocenters. The first-order chi connectivity index (χ1) is 6.10. The maximum Gasteiger partial charge on any atom is 0.0416 e. The molecule has 0 aromatic rings. The number of rotatable bonds is 2. The van der Waals surface area contributed by atoms with Crippen molar-refractivity contribution < 1.29 is 0 Å². The molecule has 13 heavy (non-hydrogen) atoms. The van der Waals surface area contributed by atoms with Crippen molar-refractivity contribution >= 4 is 11.6 Å². The van der Waals surface area contributed by atoms with Gasteiger partial charge in [0.25, 0.3) is 0 Å². The van der Waals surface area contributed by atoms with Crippen LogP contribution in [0.15, 0.2) is 0 Å². The molecule has 2 saturated carbocycles. The Morgan fingerprint density at radius 1 is 1.23 bits per heavy atom. The van der Waals surface area contributed by atoms with Gasteiger partial charge in [0, 0.05) is 17.5 Å². The predicted molar refractivity (Wildman–Crippen MR) is 57.2 cm³/mol. The minimum Gasteiger partial charge on any atom is -0.311 e. The van der Waals surface area contributed by atoms with E-state index in [0.29, 0.717) is 16.8 Å². The lowest BCUT2D eigenvalue weighted by Gasteiger charge is -2.50. The Morgan fingerprint density at radius 3 is 2.31 bits per heavy atom. The predicted octanol–water partition coefficient (Wildman–Crippen LogP) is 2.92. The van der Waals surface area contributed by atoms with Crippen LogP contribution in [0.4, 0.5) is 0 Å². The zero-order chi connectivity index (χ0) is 9.47. The van der Waals surface area contributed by atoms with Crippen LogP contribution >= 0.6 is 11.6 Å². The Labute approximate surface area is 86.2 Å². The zero-order valence-electron chi connectivity index (χ0n) is 8.65. The van der Waals surface area contributed by atoms with Crippen LogP contribution in [0.1, 0.15) is 46.0 Å². The molecule has 1 N–H and O–H groups in total. The van der Waals surface area contributed by atoms with E-state index in [9.17, 15) is 0 Å². The average molecular weight is 202 g/mol. The van der Waals surface area contributed by atoms with E-state index in [1.165, 1.54) is 25.7 Å². The highest BCUT2D eigenvalue weighted by atomic mass is 35.5. The third-order valence-electron chi connectivity index (χ3n) is 3.94. The van der Waals surface area contributed by atoms with Crippen LogP contribution in [0.5, 0.6) is 0 Å². The fraction of sp³-hybridized carbons (Fsp3) is 1.00. The van der Waals surface area contributed by atoms with Gasteiger partial charge in [-0.2, -0.15) is 0 Å². The van der Waals surface area contributed by atoms with E-state index >= 15 is 0 Å². The normalized spacial score (nSPS) is 39.0. The second-order valence-corrected chi connectivity index (χ2v) is 5.75. The van der Waals surface area contributed by atoms with Gasteiger partial charge in [-0.15, -0.1) is 11.6 Å². The molecule has 0 heterocycles. The fourth-order valence-electron chi connectivity index (χ4n) is 2.53. The molecule has 0 spiro atoms. The van der Waals surface area contributed by atoms with E-state index in [0.717, 1.165) is 12.5 Å². The number of hydrogen-bond acceptors (Lipinski definition) is 1. The molecule has 2 aliphatic carbocycles. The van der Waals surface area contributed by atoms with Gasteiger partial charge in [-0.1, -0.05) is 26.7 Å². The molecule has 0 amide bonds. The number of nitrogens with one attached hydrogen (secondary N) is 1. The van der Waals surface area contributed by atoms with Crippen molar-refractivity contribution in [2.75, 3.05) is 0 Å². The molecule has 0 aromatic carbocycles. The Kier molecular flexibility index (Phi) is 2.59. The second kappa shape index (κ2) is 3.43. The second-order valence-electron chi connectivity index (χ2n) is 5.23. The van der Waals surface area contributed by atoms with Crippen molar-refractivity contribution in [3.63, 3.8) is 0 Å². The van der Waals surface area contributed by atoms with Gasteiger partial charge < -0.3 is 5.32 Å². The van der Waals surface area contributed by atoms with Crippen molar-refractivity contribution in [2.24, 2.45) is 5.41 Å². The highest BCUT2D eigenvalue weighted by molar-refractivity contribution is 6.21. The Balaban J connectivity index is 1.83. The highest BCUT2D eigenvalue weighted by Crippen LogP contribution is 2.44. The van der Waals surface area contributed by atoms with E-state index in [4.69, 9.17) is 11.6 Å². The minimum absolute atomic E-state index is 0.310. The Morgan fingerprint density at radius 2 is 1.85 bits per heavy atom. The van der Waals surface area contributed by atoms with E-state index in [2.05, 4.69) is 19.2 Å². The third-order valence-corrected chi connectivity index (χ3v) is 4.68. The molecule has 1 nitrogen and oxygen atoms in total. The van der Waals surface area contributed by atoms with Gasteiger partial charge >= 0.3 is 0 Å². The third kappa shape index (κ3) is 1.73. The van der Waals surface area contributed by atoms with Gasteiger partial charge in [0.2, 0.25) is 0 Å². The van der Waals surface area contributed by atoms with E-state index in [1.807, 2.05) is 0 Å². The van der Waals surface area contributed by atoms with Crippen LogP contribution in [-0.2, 0) is 0 Å². The molecule has 0 radical (unpaired) electrons. The Hall–Kier alpha value is 0.250. The smallest absolute Gasteiger partial charge is 0.0416 e. The largest absolute Gasteiger partial charge is 0.311 e. The zero-order valence-corrected chi connectivity index (χ0v) is 9.40. The van der Waals surface area contributed by atoms with Gasteiger partial charge in [-0.05, 0) is 24.7 Å². The molecule has 0 aromatic heterocycles. The lowest BCUT2D eigenvalue weighted by atomic mass is 9.66. The van der Waals surface area contributed by atoms with E-state index in [1.54, 1.807) is 0 Å². The van der Waals surface area contributed by atoms with E-state index < -0.39 is 0 Å². The lowest BCUT2D eigenvalue weighted by Crippen LogP contribution is -2.59. The molecule has 2 aliphatic rings. The molecular formula is C11H20ClN. The standard InChI is InChI=1S/C11H20ClN/c1-11(2)9(12)7-10(11)13-8-5-3-4-6-8/h8-10,13H,3-7H2,1-2H3. The summed E-state index contributed by atoms with van der Waals surface area (Å²) in [6, 6.07) is 1.45. The quantitative estimate of drug-likeness (QED) is 0.678. The summed E-state index contributed by atoms with van der Waals surface area (Å²) in [7, 11) is 0. The van der Waals surface area contributed by atoms with Gasteiger partial charge in [0.05, 0.1) is 0 Å². The van der Waals surface area contributed by atoms with Crippen molar-refractivity contribution in [2.45, 2.75) is 63.4 Å². The minimum atomic E-state index is 0.310. The summed E-state index contributed by atoms with van der Waals surface area (Å²) in [6.45, 7) is 4.56. The maximum atomic E-state index is 6.18. The van der Waals surface area contributed by atoms with Crippen molar-refractivity contribution in [3.05, 3.63) is 0 Å². The highest BCUT2D eigenvalue weighted by Gasteiger charge is 2.47. The summed E-state index contributed by atoms with van der Waals surface area (Å²) >= 11 is 6.18. The molecule has 2 heteroatoms. The van der Waals surface area contributed by atoms with Crippen LogP contribution in [0.3, 0.4) is 0 Å². The summed E-state index contributed by atoms with van der Waals surface area (Å²) in [5, 5.41) is 4.13. The molecule has 2 rings (SSSR count). The Bertz CT molecular complexity index is 185. The van der Waals surface area contributed by atoms with Crippen LogP contribution in [0.2, 0.25) is 0 Å². The van der Waals surface area contributed by atoms with Crippen LogP contribution < -0.4 is 5.32 Å². The summed E-state index contributed by atoms with van der Waals surface area (Å²) in [6.07, 6.45) is 6.73. The van der Waals surface area contributed by atoms with E-state index in [-0.39, 0.29) is 0 Å². The van der Waals surface area contributed by atoms with Crippen molar-refractivity contribution in [1.29, 1.82) is 0 Å². The number of alkyl halides is 1. The summed E-state index contributed by atoms with van der Waals surface area (Å²) < 4.78 is 0. The van der Waals surface area contributed by atoms with Gasteiger partial charge in [-0.25, -0.2) is 0 Å². The first-order valence-electron chi connectivity index (χ1n) is 5.51. The average Bonchev–Trinajstić information content (AvgIpc) is 2.56. The molecule has 0 bridgehead atoms. The lowest BCUT2D eigenvalue weighted by molar-refractivity contribution is 0.106. The van der Waals surface area contributed by atoms with Gasteiger partial charge in [0.1, 0.15) is 0 Å². The SMILES string of the molecule is CC1(C)C(Cl)CC1NC1CCCC1. The first-order valence-corrected chi connectivity index (χ1v) is 5.94.